The third-order valence-electron chi connectivity index (χ3n) is 6.16. The molecule has 4 rings (SSSR count). The molecule has 3 heterocycles. The van der Waals surface area contributed by atoms with Crippen LogP contribution in [0.2, 0.25) is 0 Å². The molecule has 1 aliphatic heterocycles. The maximum atomic E-state index is 13.5. The lowest BCUT2D eigenvalue weighted by atomic mass is 10.1. The van der Waals surface area contributed by atoms with Crippen LogP contribution in [-0.2, 0) is 27.5 Å². The zero-order valence-corrected chi connectivity index (χ0v) is 20.1. The number of aromatic nitrogens is 1. The van der Waals surface area contributed by atoms with E-state index in [1.165, 1.54) is 21.7 Å². The molecule has 1 aromatic carbocycles. The fourth-order valence-electron chi connectivity index (χ4n) is 4.12. The second-order valence-electron chi connectivity index (χ2n) is 8.09. The topological polar surface area (TPSA) is 83.0 Å². The minimum atomic E-state index is -4.47. The van der Waals surface area contributed by atoms with Gasteiger partial charge in [0.25, 0.3) is 0 Å². The van der Waals surface area contributed by atoms with E-state index in [0.29, 0.717) is 12.4 Å². The van der Waals surface area contributed by atoms with Crippen molar-refractivity contribution in [1.29, 1.82) is 0 Å². The Balaban J connectivity index is 1.57. The van der Waals surface area contributed by atoms with Crippen LogP contribution in [-0.4, -0.2) is 54.8 Å². The quantitative estimate of drug-likeness (QED) is 0.499. The van der Waals surface area contributed by atoms with Crippen molar-refractivity contribution in [2.24, 2.45) is 0 Å². The van der Waals surface area contributed by atoms with Gasteiger partial charge in [0, 0.05) is 36.1 Å². The Kier molecular flexibility index (Phi) is 6.89. The molecule has 1 saturated heterocycles. The van der Waals surface area contributed by atoms with Crippen LogP contribution in [0.1, 0.15) is 25.0 Å². The van der Waals surface area contributed by atoms with Crippen molar-refractivity contribution < 1.29 is 31.4 Å². The molecule has 184 valence electrons. The van der Waals surface area contributed by atoms with Crippen LogP contribution < -0.4 is 4.90 Å². The molecule has 2 aromatic heterocycles. The van der Waals surface area contributed by atoms with Crippen LogP contribution in [0.25, 0.3) is 10.1 Å². The van der Waals surface area contributed by atoms with Crippen LogP contribution in [0, 0.1) is 0 Å². The number of fused-ring (bicyclic) bond motifs is 1. The Labute approximate surface area is 199 Å². The van der Waals surface area contributed by atoms with Crippen molar-refractivity contribution in [2.45, 2.75) is 43.6 Å². The number of ether oxygens (including phenoxy) is 1. The Bertz CT molecular complexity index is 1260. The smallest absolute Gasteiger partial charge is 0.371 e. The number of nitrogens with zero attached hydrogens (tertiary/aromatic N) is 3. The minimum absolute atomic E-state index is 0.156. The number of thiophene rings is 1. The molecular formula is C22H24F3N3O4S2. The van der Waals surface area contributed by atoms with Crippen LogP contribution in [0.5, 0.6) is 0 Å². The number of rotatable bonds is 6. The Morgan fingerprint density at radius 2 is 1.94 bits per heavy atom. The van der Waals surface area contributed by atoms with Gasteiger partial charge < -0.3 is 14.7 Å². The van der Waals surface area contributed by atoms with E-state index in [2.05, 4.69) is 4.98 Å². The highest BCUT2D eigenvalue weighted by Crippen LogP contribution is 2.33. The molecule has 0 unspecified atom stereocenters. The summed E-state index contributed by atoms with van der Waals surface area (Å²) in [6.45, 7) is 3.81. The van der Waals surface area contributed by atoms with Crippen molar-refractivity contribution in [3.05, 3.63) is 53.0 Å². The molecule has 7 nitrogen and oxygen atoms in total. The lowest BCUT2D eigenvalue weighted by molar-refractivity contribution is -0.137. The molecule has 2 atom stereocenters. The number of anilines is 1. The Hall–Kier alpha value is -2.25. The van der Waals surface area contributed by atoms with Gasteiger partial charge >= 0.3 is 6.18 Å². The van der Waals surface area contributed by atoms with Gasteiger partial charge in [-0.25, -0.2) is 13.4 Å². The number of alkyl halides is 3. The largest absolute Gasteiger partial charge is 0.417 e. The SMILES string of the molecule is C[C@@H]1[C@H](C)N(c2ccc(C(F)(F)F)cn2)CCN1S(=O)(=O)c1ccc2scc(COCO)c2c1. The predicted octanol–water partition coefficient (Wildman–Crippen LogP) is 4.07. The second-order valence-corrected chi connectivity index (χ2v) is 10.9. The molecule has 0 saturated carbocycles. The lowest BCUT2D eigenvalue weighted by Gasteiger charge is -2.44. The number of aliphatic hydroxyl groups excluding tert-OH is 1. The van der Waals surface area contributed by atoms with Crippen molar-refractivity contribution in [1.82, 2.24) is 9.29 Å². The number of aliphatic hydroxyl groups is 1. The number of piperazine rings is 1. The van der Waals surface area contributed by atoms with Crippen molar-refractivity contribution in [2.75, 3.05) is 24.8 Å². The summed E-state index contributed by atoms with van der Waals surface area (Å²) in [4.78, 5) is 5.95. The van der Waals surface area contributed by atoms with Gasteiger partial charge in [0.15, 0.2) is 0 Å². The Morgan fingerprint density at radius 1 is 1.18 bits per heavy atom. The first-order valence-electron chi connectivity index (χ1n) is 10.5. The third-order valence-corrected chi connectivity index (χ3v) is 9.15. The first kappa shape index (κ1) is 24.9. The van der Waals surface area contributed by atoms with E-state index in [-0.39, 0.29) is 24.1 Å². The first-order valence-corrected chi connectivity index (χ1v) is 12.9. The lowest BCUT2D eigenvalue weighted by Crippen LogP contribution is -2.59. The van der Waals surface area contributed by atoms with Gasteiger partial charge in [-0.3, -0.25) is 0 Å². The third kappa shape index (κ3) is 4.65. The zero-order valence-electron chi connectivity index (χ0n) is 18.5. The van der Waals surface area contributed by atoms with Gasteiger partial charge in [0.2, 0.25) is 10.0 Å². The molecule has 0 spiro atoms. The molecule has 34 heavy (non-hydrogen) atoms. The van der Waals surface area contributed by atoms with E-state index in [1.54, 1.807) is 25.1 Å². The fourth-order valence-corrected chi connectivity index (χ4v) is 6.77. The van der Waals surface area contributed by atoms with E-state index in [9.17, 15) is 21.6 Å². The molecule has 3 aromatic rings. The highest BCUT2D eigenvalue weighted by molar-refractivity contribution is 7.89. The number of sulfonamides is 1. The van der Waals surface area contributed by atoms with E-state index >= 15 is 0 Å². The van der Waals surface area contributed by atoms with Gasteiger partial charge in [0.1, 0.15) is 12.6 Å². The summed E-state index contributed by atoms with van der Waals surface area (Å²) in [7, 11) is -3.83. The van der Waals surface area contributed by atoms with Gasteiger partial charge in [0.05, 0.1) is 17.1 Å². The van der Waals surface area contributed by atoms with E-state index in [1.807, 2.05) is 17.2 Å². The molecular weight excluding hydrogens is 491 g/mol. The van der Waals surface area contributed by atoms with E-state index in [4.69, 9.17) is 9.84 Å². The number of hydrogen-bond donors (Lipinski definition) is 1. The number of benzene rings is 1. The van der Waals surface area contributed by atoms with Gasteiger partial charge in [-0.1, -0.05) is 0 Å². The maximum Gasteiger partial charge on any atom is 0.417 e. The van der Waals surface area contributed by atoms with Crippen LogP contribution in [0.3, 0.4) is 0 Å². The highest BCUT2D eigenvalue weighted by atomic mass is 32.2. The van der Waals surface area contributed by atoms with E-state index in [0.717, 1.165) is 27.9 Å². The number of halogens is 3. The summed E-state index contributed by atoms with van der Waals surface area (Å²) in [6, 6.07) is 6.49. The standard InChI is InChI=1S/C22H24F3N3O4S2/c1-14-15(2)28(8-7-27(14)21-6-3-17(10-26-21)22(23,24)25)34(30,31)18-4-5-20-19(9-18)16(12-33-20)11-32-13-29/h3-6,9-10,12,14-15,29H,7-8,11,13H2,1-2H3/t14-,15+/m0/s1. The molecule has 12 heteroatoms. The highest BCUT2D eigenvalue weighted by Gasteiger charge is 2.39. The van der Waals surface area contributed by atoms with Crippen molar-refractivity contribution in [3.8, 4) is 0 Å². The van der Waals surface area contributed by atoms with Crippen LogP contribution in [0.4, 0.5) is 19.0 Å². The average Bonchev–Trinajstić information content (AvgIpc) is 3.21. The molecule has 1 fully saturated rings. The monoisotopic (exact) mass is 515 g/mol. The first-order chi connectivity index (χ1) is 16.0. The van der Waals surface area contributed by atoms with Crippen molar-refractivity contribution >= 4 is 37.3 Å². The number of hydrogen-bond acceptors (Lipinski definition) is 7. The summed E-state index contributed by atoms with van der Waals surface area (Å²) >= 11 is 1.47. The summed E-state index contributed by atoms with van der Waals surface area (Å²) < 4.78 is 73.1. The Morgan fingerprint density at radius 3 is 2.59 bits per heavy atom. The summed E-state index contributed by atoms with van der Waals surface area (Å²) in [6.07, 6.45) is -3.67. The minimum Gasteiger partial charge on any atom is -0.371 e. The zero-order chi connectivity index (χ0) is 24.7. The van der Waals surface area contributed by atoms with Gasteiger partial charge in [-0.05, 0) is 60.5 Å². The fraction of sp³-hybridized carbons (Fsp3) is 0.409. The van der Waals surface area contributed by atoms with Gasteiger partial charge in [-0.15, -0.1) is 11.3 Å². The van der Waals surface area contributed by atoms with Gasteiger partial charge in [-0.2, -0.15) is 17.5 Å². The summed E-state index contributed by atoms with van der Waals surface area (Å²) in [5.41, 5.74) is -0.0311. The molecule has 0 bridgehead atoms. The average molecular weight is 516 g/mol. The molecule has 1 aliphatic rings. The van der Waals surface area contributed by atoms with Crippen molar-refractivity contribution in [3.63, 3.8) is 0 Å². The molecule has 1 N–H and O–H groups in total. The normalized spacial score (nSPS) is 20.2. The summed E-state index contributed by atoms with van der Waals surface area (Å²) in [5, 5.41) is 11.5. The maximum absolute atomic E-state index is 13.5. The molecule has 0 aliphatic carbocycles. The predicted molar refractivity (Wildman–Crippen MR) is 123 cm³/mol. The molecule has 0 radical (unpaired) electrons. The van der Waals surface area contributed by atoms with Crippen LogP contribution >= 0.6 is 11.3 Å². The van der Waals surface area contributed by atoms with Crippen LogP contribution in [0.15, 0.2) is 46.8 Å². The van der Waals surface area contributed by atoms with E-state index < -0.39 is 34.6 Å². The second kappa shape index (κ2) is 9.42. The summed E-state index contributed by atoms with van der Waals surface area (Å²) in [5.74, 6) is 0.373. The molecule has 0 amide bonds. The number of pyridine rings is 1.